The van der Waals surface area contributed by atoms with Crippen molar-refractivity contribution in [3.63, 3.8) is 0 Å². The van der Waals surface area contributed by atoms with Gasteiger partial charge in [-0.1, -0.05) is 24.3 Å². The van der Waals surface area contributed by atoms with Crippen LogP contribution in [0.2, 0.25) is 0 Å². The Labute approximate surface area is 192 Å². The molecule has 7 heteroatoms. The highest BCUT2D eigenvalue weighted by atomic mass is 16.5. The van der Waals surface area contributed by atoms with Crippen molar-refractivity contribution in [1.29, 1.82) is 0 Å². The van der Waals surface area contributed by atoms with Gasteiger partial charge in [-0.3, -0.25) is 9.59 Å². The Hall–Kier alpha value is -3.87. The Balaban J connectivity index is 1.41. The Bertz CT molecular complexity index is 1220. The zero-order chi connectivity index (χ0) is 23.5. The summed E-state index contributed by atoms with van der Waals surface area (Å²) in [4.78, 5) is 37.6. The van der Waals surface area contributed by atoms with Crippen molar-refractivity contribution in [2.75, 3.05) is 11.9 Å². The number of rotatable bonds is 7. The van der Waals surface area contributed by atoms with E-state index in [0.717, 1.165) is 35.5 Å². The van der Waals surface area contributed by atoms with E-state index in [1.165, 1.54) is 0 Å². The van der Waals surface area contributed by atoms with Crippen LogP contribution in [0.3, 0.4) is 0 Å². The van der Waals surface area contributed by atoms with Gasteiger partial charge in [-0.05, 0) is 69.5 Å². The largest absolute Gasteiger partial charge is 0.452 e. The molecule has 3 aromatic rings. The maximum atomic E-state index is 12.7. The predicted octanol–water partition coefficient (Wildman–Crippen LogP) is 4.09. The maximum Gasteiger partial charge on any atom is 0.340 e. The molecule has 0 radical (unpaired) electrons. The lowest BCUT2D eigenvalue weighted by atomic mass is 10.1. The van der Waals surface area contributed by atoms with Crippen molar-refractivity contribution in [2.45, 2.75) is 39.7 Å². The van der Waals surface area contributed by atoms with Crippen molar-refractivity contribution in [1.82, 2.24) is 9.88 Å². The molecule has 33 heavy (non-hydrogen) atoms. The Kier molecular flexibility index (Phi) is 6.31. The minimum Gasteiger partial charge on any atom is -0.452 e. The predicted molar refractivity (Wildman–Crippen MR) is 126 cm³/mol. The van der Waals surface area contributed by atoms with Crippen LogP contribution in [0.4, 0.5) is 5.69 Å². The first-order chi connectivity index (χ1) is 15.8. The second-order valence-electron chi connectivity index (χ2n) is 8.38. The number of aromatic nitrogens is 1. The molecule has 7 nitrogen and oxygen atoms in total. The fraction of sp³-hybridized carbons (Fsp3) is 0.269. The normalized spacial score (nSPS) is 12.8. The average Bonchev–Trinajstić information content (AvgIpc) is 3.54. The van der Waals surface area contributed by atoms with Gasteiger partial charge in [-0.25, -0.2) is 4.79 Å². The van der Waals surface area contributed by atoms with Crippen molar-refractivity contribution < 1.29 is 19.1 Å². The number of carbonyl (C=O) groups excluding carboxylic acids is 3. The lowest BCUT2D eigenvalue weighted by molar-refractivity contribution is -0.119. The van der Waals surface area contributed by atoms with E-state index < -0.39 is 18.5 Å². The quantitative estimate of drug-likeness (QED) is 0.536. The van der Waals surface area contributed by atoms with Gasteiger partial charge < -0.3 is 19.9 Å². The van der Waals surface area contributed by atoms with Crippen LogP contribution in [0.15, 0.2) is 54.6 Å². The second-order valence-corrected chi connectivity index (χ2v) is 8.38. The van der Waals surface area contributed by atoms with Gasteiger partial charge in [0.25, 0.3) is 11.8 Å². The van der Waals surface area contributed by atoms with Crippen LogP contribution < -0.4 is 10.6 Å². The van der Waals surface area contributed by atoms with E-state index in [9.17, 15) is 14.4 Å². The maximum absolute atomic E-state index is 12.7. The fourth-order valence-corrected chi connectivity index (χ4v) is 3.81. The molecule has 1 aromatic heterocycles. The summed E-state index contributed by atoms with van der Waals surface area (Å²) in [6.45, 7) is 5.33. The molecule has 0 spiro atoms. The smallest absolute Gasteiger partial charge is 0.340 e. The molecule has 1 saturated carbocycles. The van der Waals surface area contributed by atoms with Crippen molar-refractivity contribution >= 4 is 23.5 Å². The molecular weight excluding hydrogens is 418 g/mol. The zero-order valence-corrected chi connectivity index (χ0v) is 19.0. The van der Waals surface area contributed by atoms with Gasteiger partial charge in [0.2, 0.25) is 0 Å². The molecule has 1 aliphatic carbocycles. The van der Waals surface area contributed by atoms with Crippen LogP contribution in [0.1, 0.15) is 50.5 Å². The third-order valence-corrected chi connectivity index (χ3v) is 5.60. The van der Waals surface area contributed by atoms with Gasteiger partial charge >= 0.3 is 5.97 Å². The molecule has 0 unspecified atom stereocenters. The number of para-hydroxylation sites is 1. The van der Waals surface area contributed by atoms with Crippen LogP contribution in [0.5, 0.6) is 0 Å². The molecule has 2 aromatic carbocycles. The molecule has 4 rings (SSSR count). The monoisotopic (exact) mass is 445 g/mol. The number of anilines is 1. The van der Waals surface area contributed by atoms with Crippen molar-refractivity contribution in [3.05, 3.63) is 82.7 Å². The molecule has 1 aliphatic rings. The first-order valence-electron chi connectivity index (χ1n) is 11.0. The van der Waals surface area contributed by atoms with E-state index in [4.69, 9.17) is 4.74 Å². The number of hydrogen-bond acceptors (Lipinski definition) is 4. The van der Waals surface area contributed by atoms with Crippen LogP contribution in [-0.2, 0) is 9.53 Å². The third-order valence-electron chi connectivity index (χ3n) is 5.60. The Morgan fingerprint density at radius 2 is 1.73 bits per heavy atom. The Morgan fingerprint density at radius 1 is 0.970 bits per heavy atom. The minimum absolute atomic E-state index is 0.209. The molecule has 1 heterocycles. The number of amides is 2. The first kappa shape index (κ1) is 22.3. The molecule has 2 amide bonds. The van der Waals surface area contributed by atoms with E-state index in [-0.39, 0.29) is 11.9 Å². The molecule has 1 fully saturated rings. The van der Waals surface area contributed by atoms with Gasteiger partial charge in [0, 0.05) is 23.1 Å². The molecule has 0 aliphatic heterocycles. The van der Waals surface area contributed by atoms with Crippen LogP contribution in [-0.4, -0.2) is 35.0 Å². The summed E-state index contributed by atoms with van der Waals surface area (Å²) in [6.07, 6.45) is 1.95. The van der Waals surface area contributed by atoms with E-state index in [1.807, 2.05) is 49.6 Å². The lowest BCUT2D eigenvalue weighted by Gasteiger charge is -2.12. The standard InChI is InChI=1S/C26H27N3O4/c1-16-7-6-8-20(13-16)29-17(2)14-22(18(29)3)26(32)33-15-24(30)28-23-10-5-4-9-21(23)25(31)27-19-11-12-19/h4-10,13-14,19H,11-12,15H2,1-3H3,(H,27,31)(H,28,30). The van der Waals surface area contributed by atoms with Crippen LogP contribution in [0, 0.1) is 20.8 Å². The SMILES string of the molecule is Cc1cccc(-n2c(C)cc(C(=O)OCC(=O)Nc3ccccc3C(=O)NC3CC3)c2C)c1. The number of nitrogens with zero attached hydrogens (tertiary/aromatic N) is 1. The van der Waals surface area contributed by atoms with E-state index in [2.05, 4.69) is 10.6 Å². The molecule has 0 atom stereocenters. The van der Waals surface area contributed by atoms with Gasteiger partial charge in [0.15, 0.2) is 6.61 Å². The summed E-state index contributed by atoms with van der Waals surface area (Å²) in [7, 11) is 0. The minimum atomic E-state index is -0.572. The van der Waals surface area contributed by atoms with Crippen LogP contribution in [0.25, 0.3) is 5.69 Å². The topological polar surface area (TPSA) is 89.4 Å². The number of benzene rings is 2. The van der Waals surface area contributed by atoms with E-state index in [0.29, 0.717) is 16.8 Å². The highest BCUT2D eigenvalue weighted by Crippen LogP contribution is 2.23. The van der Waals surface area contributed by atoms with Crippen molar-refractivity contribution in [2.24, 2.45) is 0 Å². The van der Waals surface area contributed by atoms with Gasteiger partial charge in [-0.15, -0.1) is 0 Å². The number of aryl methyl sites for hydroxylation is 2. The number of hydrogen-bond donors (Lipinski definition) is 2. The van der Waals surface area contributed by atoms with E-state index >= 15 is 0 Å². The summed E-state index contributed by atoms with van der Waals surface area (Å²) in [5.41, 5.74) is 4.89. The summed E-state index contributed by atoms with van der Waals surface area (Å²) in [5.74, 6) is -1.31. The molecule has 0 saturated heterocycles. The first-order valence-corrected chi connectivity index (χ1v) is 11.0. The van der Waals surface area contributed by atoms with Gasteiger partial charge in [0.1, 0.15) is 0 Å². The molecule has 170 valence electrons. The second kappa shape index (κ2) is 9.32. The van der Waals surface area contributed by atoms with Gasteiger partial charge in [-0.2, -0.15) is 0 Å². The summed E-state index contributed by atoms with van der Waals surface area (Å²) >= 11 is 0. The number of esters is 1. The number of nitrogens with one attached hydrogen (secondary N) is 2. The van der Waals surface area contributed by atoms with Crippen molar-refractivity contribution in [3.8, 4) is 5.69 Å². The Morgan fingerprint density at radius 3 is 2.45 bits per heavy atom. The molecule has 2 N–H and O–H groups in total. The molecule has 0 bridgehead atoms. The number of ether oxygens (including phenoxy) is 1. The van der Waals surface area contributed by atoms with E-state index in [1.54, 1.807) is 30.3 Å². The zero-order valence-electron chi connectivity index (χ0n) is 19.0. The third kappa shape index (κ3) is 5.14. The summed E-state index contributed by atoms with van der Waals surface area (Å²) in [6, 6.07) is 16.7. The lowest BCUT2D eigenvalue weighted by Crippen LogP contribution is -2.28. The van der Waals surface area contributed by atoms with Gasteiger partial charge in [0.05, 0.1) is 16.8 Å². The number of carbonyl (C=O) groups is 3. The summed E-state index contributed by atoms with van der Waals surface area (Å²) < 4.78 is 7.27. The highest BCUT2D eigenvalue weighted by molar-refractivity contribution is 6.04. The average molecular weight is 446 g/mol. The van der Waals surface area contributed by atoms with Crippen LogP contribution >= 0.6 is 0 Å². The molecular formula is C26H27N3O4. The fourth-order valence-electron chi connectivity index (χ4n) is 3.81. The summed E-state index contributed by atoms with van der Waals surface area (Å²) in [5, 5.41) is 5.58. The highest BCUT2D eigenvalue weighted by Gasteiger charge is 2.25.